The van der Waals surface area contributed by atoms with Gasteiger partial charge in [0, 0.05) is 18.4 Å². The van der Waals surface area contributed by atoms with Crippen LogP contribution in [0.5, 0.6) is 0 Å². The van der Waals surface area contributed by atoms with Gasteiger partial charge in [0.1, 0.15) is 5.82 Å². The second-order valence-electron chi connectivity index (χ2n) is 4.85. The van der Waals surface area contributed by atoms with E-state index in [1.165, 1.54) is 0 Å². The molecule has 1 rings (SSSR count). The van der Waals surface area contributed by atoms with Gasteiger partial charge in [-0.2, -0.15) is 0 Å². The topological polar surface area (TPSA) is 60.2 Å². The summed E-state index contributed by atoms with van der Waals surface area (Å²) in [7, 11) is 1.95. The van der Waals surface area contributed by atoms with Crippen molar-refractivity contribution in [2.75, 3.05) is 19.4 Å². The summed E-state index contributed by atoms with van der Waals surface area (Å²) in [6, 6.07) is 2.05. The van der Waals surface area contributed by atoms with Crippen LogP contribution >= 0.6 is 0 Å². The summed E-state index contributed by atoms with van der Waals surface area (Å²) in [5.41, 5.74) is 8.06. The lowest BCUT2D eigenvalue weighted by Gasteiger charge is -2.40. The van der Waals surface area contributed by atoms with E-state index in [9.17, 15) is 0 Å². The van der Waals surface area contributed by atoms with Crippen LogP contribution in [0, 0.1) is 6.92 Å². The molecule has 0 amide bonds. The van der Waals surface area contributed by atoms with Crippen LogP contribution in [0.3, 0.4) is 0 Å². The zero-order chi connectivity index (χ0) is 14.5. The maximum Gasteiger partial charge on any atom is 0.128 e. The van der Waals surface area contributed by atoms with Crippen molar-refractivity contribution >= 4 is 5.82 Å². The van der Waals surface area contributed by atoms with E-state index in [1.54, 1.807) is 6.20 Å². The average molecular weight is 265 g/mol. The molecule has 0 aliphatic carbocycles. The smallest absolute Gasteiger partial charge is 0.128 e. The number of hydrogen-bond donors (Lipinski definition) is 2. The number of pyridine rings is 1. The molecule has 0 aliphatic rings. The summed E-state index contributed by atoms with van der Waals surface area (Å²) in [5, 5.41) is 3.38. The Morgan fingerprint density at radius 3 is 2.42 bits per heavy atom. The van der Waals surface area contributed by atoms with E-state index in [-0.39, 0.29) is 11.6 Å². The van der Waals surface area contributed by atoms with E-state index in [1.807, 2.05) is 20.0 Å². The van der Waals surface area contributed by atoms with Crippen LogP contribution < -0.4 is 11.1 Å². The number of nitrogens with two attached hydrogens (primary N) is 1. The Morgan fingerprint density at radius 1 is 1.37 bits per heavy atom. The Labute approximate surface area is 116 Å². The van der Waals surface area contributed by atoms with Crippen LogP contribution in [0.1, 0.15) is 50.8 Å². The van der Waals surface area contributed by atoms with E-state index in [0.29, 0.717) is 12.4 Å². The van der Waals surface area contributed by atoms with Gasteiger partial charge in [-0.25, -0.2) is 4.98 Å². The zero-order valence-electron chi connectivity index (χ0n) is 12.8. The SMILES string of the molecule is CCOC(CC)(CC)C(NC)c1c(C)ccnc1N. The van der Waals surface area contributed by atoms with Crippen LogP contribution in [0.4, 0.5) is 5.82 Å². The number of rotatable bonds is 7. The van der Waals surface area contributed by atoms with E-state index in [2.05, 4.69) is 31.1 Å². The van der Waals surface area contributed by atoms with Crippen LogP contribution in [0.15, 0.2) is 12.3 Å². The highest BCUT2D eigenvalue weighted by atomic mass is 16.5. The first-order valence-electron chi connectivity index (χ1n) is 7.08. The number of nitrogens with zero attached hydrogens (tertiary/aromatic N) is 1. The molecule has 1 unspecified atom stereocenters. The Kier molecular flexibility index (Phi) is 5.76. The second-order valence-corrected chi connectivity index (χ2v) is 4.85. The van der Waals surface area contributed by atoms with Gasteiger partial charge in [-0.15, -0.1) is 0 Å². The number of aromatic nitrogens is 1. The molecule has 0 fully saturated rings. The molecule has 19 heavy (non-hydrogen) atoms. The molecule has 0 saturated heterocycles. The molecule has 1 aromatic rings. The van der Waals surface area contributed by atoms with Crippen molar-refractivity contribution in [3.8, 4) is 0 Å². The number of aryl methyl sites for hydroxylation is 1. The number of ether oxygens (including phenoxy) is 1. The fourth-order valence-electron chi connectivity index (χ4n) is 2.87. The Bertz CT molecular complexity index is 382. The van der Waals surface area contributed by atoms with Gasteiger partial charge in [0.05, 0.1) is 11.6 Å². The van der Waals surface area contributed by atoms with Gasteiger partial charge in [0.15, 0.2) is 0 Å². The molecule has 1 atom stereocenters. The highest BCUT2D eigenvalue weighted by molar-refractivity contribution is 5.47. The standard InChI is InChI=1S/C15H27N3O/c1-6-15(7-2,19-8-3)13(17-5)12-11(4)9-10-18-14(12)16/h9-10,13,17H,6-8H2,1-5H3,(H2,16,18). The first-order chi connectivity index (χ1) is 9.06. The Hall–Kier alpha value is -1.13. The molecule has 1 heterocycles. The molecule has 0 radical (unpaired) electrons. The largest absolute Gasteiger partial charge is 0.383 e. The van der Waals surface area contributed by atoms with Crippen molar-refractivity contribution in [2.45, 2.75) is 52.2 Å². The van der Waals surface area contributed by atoms with Gasteiger partial charge in [0.25, 0.3) is 0 Å². The highest BCUT2D eigenvalue weighted by Crippen LogP contribution is 2.38. The van der Waals surface area contributed by atoms with Crippen molar-refractivity contribution in [3.63, 3.8) is 0 Å². The number of nitrogen functional groups attached to an aromatic ring is 1. The summed E-state index contributed by atoms with van der Waals surface area (Å²) < 4.78 is 6.10. The van der Waals surface area contributed by atoms with Crippen molar-refractivity contribution in [3.05, 3.63) is 23.4 Å². The van der Waals surface area contributed by atoms with Crippen LogP contribution in [-0.2, 0) is 4.74 Å². The molecule has 1 aromatic heterocycles. The number of likely N-dealkylation sites (N-methyl/N-ethyl adjacent to an activating group) is 1. The number of nitrogens with one attached hydrogen (secondary N) is 1. The minimum absolute atomic E-state index is 0.0520. The van der Waals surface area contributed by atoms with Crippen molar-refractivity contribution in [2.24, 2.45) is 0 Å². The van der Waals surface area contributed by atoms with Gasteiger partial charge in [-0.3, -0.25) is 0 Å². The monoisotopic (exact) mass is 265 g/mol. The van der Waals surface area contributed by atoms with Gasteiger partial charge in [-0.1, -0.05) is 13.8 Å². The first kappa shape index (κ1) is 15.9. The molecule has 4 heteroatoms. The average Bonchev–Trinajstić information content (AvgIpc) is 2.41. The highest BCUT2D eigenvalue weighted by Gasteiger charge is 2.38. The third-order valence-electron chi connectivity index (χ3n) is 3.97. The normalized spacial score (nSPS) is 13.5. The molecule has 4 nitrogen and oxygen atoms in total. The van der Waals surface area contributed by atoms with Crippen molar-refractivity contribution in [1.82, 2.24) is 10.3 Å². The summed E-state index contributed by atoms with van der Waals surface area (Å²) in [6.45, 7) is 9.11. The molecule has 3 N–H and O–H groups in total. The summed E-state index contributed by atoms with van der Waals surface area (Å²) in [6.07, 6.45) is 3.61. The van der Waals surface area contributed by atoms with Crippen molar-refractivity contribution < 1.29 is 4.74 Å². The molecular weight excluding hydrogens is 238 g/mol. The summed E-state index contributed by atoms with van der Waals surface area (Å²) >= 11 is 0. The fourth-order valence-corrected chi connectivity index (χ4v) is 2.87. The molecule has 0 aliphatic heterocycles. The minimum atomic E-state index is -0.245. The Balaban J connectivity index is 3.31. The van der Waals surface area contributed by atoms with E-state index in [0.717, 1.165) is 24.0 Å². The van der Waals surface area contributed by atoms with E-state index < -0.39 is 0 Å². The van der Waals surface area contributed by atoms with Crippen molar-refractivity contribution in [1.29, 1.82) is 0 Å². The Morgan fingerprint density at radius 2 is 2.00 bits per heavy atom. The van der Waals surface area contributed by atoms with Gasteiger partial charge in [-0.05, 0) is 45.4 Å². The van der Waals surface area contributed by atoms with Gasteiger partial charge in [0.2, 0.25) is 0 Å². The van der Waals surface area contributed by atoms with Crippen LogP contribution in [-0.4, -0.2) is 24.2 Å². The lowest BCUT2D eigenvalue weighted by molar-refractivity contribution is -0.0718. The predicted molar refractivity (Wildman–Crippen MR) is 80.1 cm³/mol. The maximum absolute atomic E-state index is 6.10. The molecular formula is C15H27N3O. The van der Waals surface area contributed by atoms with Gasteiger partial charge < -0.3 is 15.8 Å². The molecule has 0 saturated carbocycles. The molecule has 0 spiro atoms. The molecule has 0 aromatic carbocycles. The van der Waals surface area contributed by atoms with E-state index >= 15 is 0 Å². The third-order valence-corrected chi connectivity index (χ3v) is 3.97. The lowest BCUT2D eigenvalue weighted by atomic mass is 9.82. The molecule has 0 bridgehead atoms. The summed E-state index contributed by atoms with van der Waals surface area (Å²) in [5.74, 6) is 0.588. The third kappa shape index (κ3) is 3.07. The molecule has 108 valence electrons. The second kappa shape index (κ2) is 6.87. The summed E-state index contributed by atoms with van der Waals surface area (Å²) in [4.78, 5) is 4.23. The number of hydrogen-bond acceptors (Lipinski definition) is 4. The first-order valence-corrected chi connectivity index (χ1v) is 7.08. The van der Waals surface area contributed by atoms with E-state index in [4.69, 9.17) is 10.5 Å². The lowest BCUT2D eigenvalue weighted by Crippen LogP contribution is -2.45. The maximum atomic E-state index is 6.10. The zero-order valence-corrected chi connectivity index (χ0v) is 12.8. The minimum Gasteiger partial charge on any atom is -0.383 e. The van der Waals surface area contributed by atoms with Gasteiger partial charge >= 0.3 is 0 Å². The number of anilines is 1. The fraction of sp³-hybridized carbons (Fsp3) is 0.667. The predicted octanol–water partition coefficient (Wildman–Crippen LogP) is 2.83. The quantitative estimate of drug-likeness (QED) is 0.796. The van der Waals surface area contributed by atoms with Crippen LogP contribution in [0.2, 0.25) is 0 Å². The van der Waals surface area contributed by atoms with Crippen LogP contribution in [0.25, 0.3) is 0 Å².